The van der Waals surface area contributed by atoms with E-state index in [1.807, 2.05) is 13.0 Å². The van der Waals surface area contributed by atoms with Gasteiger partial charge in [-0.2, -0.15) is 4.80 Å². The molecule has 2 N–H and O–H groups in total. The van der Waals surface area contributed by atoms with Crippen molar-refractivity contribution in [2.75, 3.05) is 12.4 Å². The first kappa shape index (κ1) is 23.3. The molecule has 0 radical (unpaired) electrons. The van der Waals surface area contributed by atoms with E-state index in [0.717, 1.165) is 5.56 Å². The van der Waals surface area contributed by atoms with Gasteiger partial charge in [0.05, 0.1) is 22.8 Å². The van der Waals surface area contributed by atoms with Crippen LogP contribution in [0.3, 0.4) is 0 Å². The number of thiocarbonyl (C=S) groups is 1. The molecule has 0 unspecified atom stereocenters. The molecular weight excluding hydrogens is 577 g/mol. The van der Waals surface area contributed by atoms with Crippen LogP contribution < -0.4 is 15.4 Å². The molecule has 1 aromatic heterocycles. The van der Waals surface area contributed by atoms with Crippen LogP contribution in [0.15, 0.2) is 57.5 Å². The molecule has 0 aliphatic heterocycles. The first-order valence-corrected chi connectivity index (χ1v) is 11.5. The molecular formula is C22H16Br2FN5O2S. The minimum atomic E-state index is -0.424. The molecule has 168 valence electrons. The van der Waals surface area contributed by atoms with Gasteiger partial charge in [0.15, 0.2) is 5.11 Å². The van der Waals surface area contributed by atoms with Crippen LogP contribution in [0, 0.1) is 12.7 Å². The number of benzene rings is 3. The van der Waals surface area contributed by atoms with Gasteiger partial charge in [0.2, 0.25) is 0 Å². The molecule has 0 spiro atoms. The van der Waals surface area contributed by atoms with Crippen molar-refractivity contribution in [2.45, 2.75) is 6.92 Å². The number of aromatic nitrogens is 3. The summed E-state index contributed by atoms with van der Waals surface area (Å²) in [4.78, 5) is 14.2. The Labute approximate surface area is 210 Å². The first-order chi connectivity index (χ1) is 15.7. The van der Waals surface area contributed by atoms with Gasteiger partial charge >= 0.3 is 0 Å². The molecule has 0 saturated carbocycles. The average molecular weight is 593 g/mol. The average Bonchev–Trinajstić information content (AvgIpc) is 3.16. The summed E-state index contributed by atoms with van der Waals surface area (Å²) >= 11 is 12.1. The molecule has 11 heteroatoms. The molecule has 1 amide bonds. The smallest absolute Gasteiger partial charge is 0.261 e. The first-order valence-electron chi connectivity index (χ1n) is 9.54. The van der Waals surface area contributed by atoms with E-state index >= 15 is 0 Å². The maximum absolute atomic E-state index is 13.2. The molecule has 7 nitrogen and oxygen atoms in total. The van der Waals surface area contributed by atoms with Crippen LogP contribution in [-0.4, -0.2) is 33.1 Å². The number of halogens is 3. The van der Waals surface area contributed by atoms with E-state index in [9.17, 15) is 9.18 Å². The number of hydrogen-bond acceptors (Lipinski definition) is 5. The Hall–Kier alpha value is -2.89. The highest BCUT2D eigenvalue weighted by molar-refractivity contribution is 9.11. The molecule has 0 saturated heterocycles. The van der Waals surface area contributed by atoms with Crippen LogP contribution in [0.2, 0.25) is 0 Å². The summed E-state index contributed by atoms with van der Waals surface area (Å²) in [6.07, 6.45) is 0. The third kappa shape index (κ3) is 5.05. The second kappa shape index (κ2) is 9.54. The standard InChI is InChI=1S/C22H16Br2FN5O2S/c1-11-7-18-19(29-30(28-18)14-5-3-13(25)4-6-14)10-17(11)26-22(33)27-21(31)15-8-12(23)9-16(24)20(15)32-2/h3-10H,1-2H3,(H2,26,27,31,33). The van der Waals surface area contributed by atoms with Crippen molar-refractivity contribution < 1.29 is 13.9 Å². The molecule has 3 aromatic carbocycles. The fraction of sp³-hybridized carbons (Fsp3) is 0.0909. The van der Waals surface area contributed by atoms with Crippen LogP contribution in [-0.2, 0) is 0 Å². The van der Waals surface area contributed by atoms with Crippen LogP contribution in [0.1, 0.15) is 15.9 Å². The van der Waals surface area contributed by atoms with Crippen molar-refractivity contribution in [3.05, 3.63) is 74.4 Å². The molecule has 4 rings (SSSR count). The number of ether oxygens (including phenoxy) is 1. The Balaban J connectivity index is 1.55. The third-order valence-electron chi connectivity index (χ3n) is 4.72. The van der Waals surface area contributed by atoms with Crippen LogP contribution in [0.4, 0.5) is 10.1 Å². The summed E-state index contributed by atoms with van der Waals surface area (Å²) in [5.74, 6) is -0.359. The van der Waals surface area contributed by atoms with Crippen molar-refractivity contribution >= 4 is 71.8 Å². The lowest BCUT2D eigenvalue weighted by atomic mass is 10.1. The second-order valence-corrected chi connectivity index (χ2v) is 9.18. The highest BCUT2D eigenvalue weighted by atomic mass is 79.9. The SMILES string of the molecule is COc1c(Br)cc(Br)cc1C(=O)NC(=S)Nc1cc2nn(-c3ccc(F)cc3)nc2cc1C. The zero-order valence-corrected chi connectivity index (χ0v) is 21.3. The fourth-order valence-electron chi connectivity index (χ4n) is 3.15. The van der Waals surface area contributed by atoms with Gasteiger partial charge in [-0.1, -0.05) is 15.9 Å². The van der Waals surface area contributed by atoms with Crippen LogP contribution in [0.25, 0.3) is 16.7 Å². The molecule has 0 fully saturated rings. The summed E-state index contributed by atoms with van der Waals surface area (Å²) in [5.41, 5.74) is 3.75. The lowest BCUT2D eigenvalue weighted by molar-refractivity contribution is 0.0974. The summed E-state index contributed by atoms with van der Waals surface area (Å²) in [6, 6.07) is 13.0. The number of hydrogen-bond donors (Lipinski definition) is 2. The lowest BCUT2D eigenvalue weighted by Crippen LogP contribution is -2.34. The maximum atomic E-state index is 13.2. The number of aryl methyl sites for hydroxylation is 1. The van der Waals surface area contributed by atoms with Crippen molar-refractivity contribution in [2.24, 2.45) is 0 Å². The zero-order valence-electron chi connectivity index (χ0n) is 17.3. The normalized spacial score (nSPS) is 10.8. The third-order valence-corrected chi connectivity index (χ3v) is 5.97. The minimum Gasteiger partial charge on any atom is -0.495 e. The molecule has 0 aliphatic carbocycles. The highest BCUT2D eigenvalue weighted by Crippen LogP contribution is 2.32. The van der Waals surface area contributed by atoms with Gasteiger partial charge in [-0.05, 0) is 89.2 Å². The summed E-state index contributed by atoms with van der Waals surface area (Å²) in [7, 11) is 1.49. The van der Waals surface area contributed by atoms with Gasteiger partial charge in [0.1, 0.15) is 22.6 Å². The molecule has 0 bridgehead atoms. The van der Waals surface area contributed by atoms with Gasteiger partial charge in [-0.3, -0.25) is 10.1 Å². The van der Waals surface area contributed by atoms with Crippen LogP contribution >= 0.6 is 44.1 Å². The number of nitrogens with one attached hydrogen (secondary N) is 2. The molecule has 1 heterocycles. The summed E-state index contributed by atoms with van der Waals surface area (Å²) in [6.45, 7) is 1.89. The summed E-state index contributed by atoms with van der Waals surface area (Å²) in [5, 5.41) is 14.7. The van der Waals surface area contributed by atoms with E-state index in [0.29, 0.717) is 42.7 Å². The maximum Gasteiger partial charge on any atom is 0.261 e. The Morgan fingerprint density at radius 1 is 1.09 bits per heavy atom. The number of nitrogens with zero attached hydrogens (tertiary/aromatic N) is 3. The number of methoxy groups -OCH3 is 1. The number of carbonyl (C=O) groups is 1. The van der Waals surface area contributed by atoms with Gasteiger partial charge < -0.3 is 10.1 Å². The molecule has 0 aliphatic rings. The van der Waals surface area contributed by atoms with Gasteiger partial charge in [-0.15, -0.1) is 10.2 Å². The fourth-order valence-corrected chi connectivity index (χ4v) is 4.74. The Morgan fingerprint density at radius 3 is 2.42 bits per heavy atom. The molecule has 33 heavy (non-hydrogen) atoms. The Kier molecular flexibility index (Phi) is 6.73. The minimum absolute atomic E-state index is 0.117. The largest absolute Gasteiger partial charge is 0.495 e. The molecule has 4 aromatic rings. The summed E-state index contributed by atoms with van der Waals surface area (Å²) < 4.78 is 19.9. The Bertz CT molecular complexity index is 1390. The van der Waals surface area contributed by atoms with E-state index < -0.39 is 5.91 Å². The van der Waals surface area contributed by atoms with E-state index in [-0.39, 0.29) is 10.9 Å². The predicted molar refractivity (Wildman–Crippen MR) is 136 cm³/mol. The second-order valence-electron chi connectivity index (χ2n) is 7.00. The number of amides is 1. The number of rotatable bonds is 4. The van der Waals surface area contributed by atoms with Gasteiger partial charge in [0, 0.05) is 10.2 Å². The quantitative estimate of drug-likeness (QED) is 0.303. The van der Waals surface area contributed by atoms with Crippen LogP contribution in [0.5, 0.6) is 5.75 Å². The van der Waals surface area contributed by atoms with E-state index in [4.69, 9.17) is 17.0 Å². The number of carbonyl (C=O) groups excluding carboxylic acids is 1. The monoisotopic (exact) mass is 591 g/mol. The molecule has 0 atom stereocenters. The van der Waals surface area contributed by atoms with E-state index in [2.05, 4.69) is 52.7 Å². The van der Waals surface area contributed by atoms with Gasteiger partial charge in [-0.25, -0.2) is 4.39 Å². The van der Waals surface area contributed by atoms with Crippen molar-refractivity contribution in [3.8, 4) is 11.4 Å². The Morgan fingerprint density at radius 2 is 1.76 bits per heavy atom. The topological polar surface area (TPSA) is 81.1 Å². The number of anilines is 1. The van der Waals surface area contributed by atoms with E-state index in [1.165, 1.54) is 24.0 Å². The number of fused-ring (bicyclic) bond motifs is 1. The van der Waals surface area contributed by atoms with E-state index in [1.54, 1.807) is 30.3 Å². The zero-order chi connectivity index (χ0) is 23.7. The lowest BCUT2D eigenvalue weighted by Gasteiger charge is -2.14. The van der Waals surface area contributed by atoms with Gasteiger partial charge in [0.25, 0.3) is 5.91 Å². The van der Waals surface area contributed by atoms with Crippen molar-refractivity contribution in [1.29, 1.82) is 0 Å². The van der Waals surface area contributed by atoms with Crippen molar-refractivity contribution in [1.82, 2.24) is 20.3 Å². The van der Waals surface area contributed by atoms with Crippen molar-refractivity contribution in [3.63, 3.8) is 0 Å². The highest BCUT2D eigenvalue weighted by Gasteiger charge is 2.18. The predicted octanol–water partition coefficient (Wildman–Crippen LogP) is 5.53.